The van der Waals surface area contributed by atoms with Crippen LogP contribution in [-0.2, 0) is 9.84 Å². The van der Waals surface area contributed by atoms with Crippen LogP contribution in [0.2, 0.25) is 0 Å². The van der Waals surface area contributed by atoms with Crippen LogP contribution in [0.1, 0.15) is 18.5 Å². The molecule has 0 saturated heterocycles. The topological polar surface area (TPSA) is 86.6 Å². The molecule has 0 radical (unpaired) electrons. The fourth-order valence-corrected chi connectivity index (χ4v) is 3.21. The van der Waals surface area contributed by atoms with E-state index in [1.54, 1.807) is 6.08 Å². The zero-order valence-corrected chi connectivity index (χ0v) is 10.7. The summed E-state index contributed by atoms with van der Waals surface area (Å²) in [5.41, 5.74) is 0.699. The number of hydrogen-bond acceptors (Lipinski definition) is 5. The third kappa shape index (κ3) is 3.02. The molecule has 1 aliphatic heterocycles. The first kappa shape index (κ1) is 12.9. The van der Waals surface area contributed by atoms with E-state index < -0.39 is 9.84 Å². The van der Waals surface area contributed by atoms with Crippen LogP contribution >= 0.6 is 0 Å². The van der Waals surface area contributed by atoms with Crippen molar-refractivity contribution in [3.05, 3.63) is 35.2 Å². The van der Waals surface area contributed by atoms with Gasteiger partial charge >= 0.3 is 0 Å². The van der Waals surface area contributed by atoms with Gasteiger partial charge in [-0.15, -0.1) is 0 Å². The minimum Gasteiger partial charge on any atom is -0.508 e. The normalized spacial score (nSPS) is 23.1. The van der Waals surface area contributed by atoms with E-state index in [2.05, 4.69) is 5.32 Å². The van der Waals surface area contributed by atoms with Gasteiger partial charge in [-0.25, -0.2) is 8.42 Å². The molecule has 2 atom stereocenters. The molecule has 2 rings (SSSR count). The first-order valence-electron chi connectivity index (χ1n) is 5.56. The van der Waals surface area contributed by atoms with E-state index in [1.807, 2.05) is 6.92 Å². The second-order valence-corrected chi connectivity index (χ2v) is 6.37. The SMILES string of the molecule is CC(NC1C=CS(=O)(=O)C1)c1cc(O)cc(O)c1. The molecular formula is C12H15NO4S. The van der Waals surface area contributed by atoms with Crippen molar-refractivity contribution in [2.24, 2.45) is 0 Å². The van der Waals surface area contributed by atoms with E-state index in [9.17, 15) is 18.6 Å². The average molecular weight is 269 g/mol. The lowest BCUT2D eigenvalue weighted by Crippen LogP contribution is -2.32. The summed E-state index contributed by atoms with van der Waals surface area (Å²) in [5.74, 6) is 0.00348. The summed E-state index contributed by atoms with van der Waals surface area (Å²) in [6, 6.07) is 3.89. The van der Waals surface area contributed by atoms with Crippen LogP contribution in [-0.4, -0.2) is 30.4 Å². The van der Waals surface area contributed by atoms with Gasteiger partial charge in [0.2, 0.25) is 0 Å². The summed E-state index contributed by atoms with van der Waals surface area (Å²) in [5, 5.41) is 23.1. The van der Waals surface area contributed by atoms with E-state index in [0.29, 0.717) is 5.56 Å². The smallest absolute Gasteiger partial charge is 0.173 e. The summed E-state index contributed by atoms with van der Waals surface area (Å²) in [4.78, 5) is 0. The van der Waals surface area contributed by atoms with E-state index >= 15 is 0 Å². The van der Waals surface area contributed by atoms with Crippen molar-refractivity contribution in [2.75, 3.05) is 5.75 Å². The molecule has 0 amide bonds. The predicted molar refractivity (Wildman–Crippen MR) is 68.0 cm³/mol. The zero-order chi connectivity index (χ0) is 13.3. The average Bonchev–Trinajstić information content (AvgIpc) is 2.56. The van der Waals surface area contributed by atoms with Crippen molar-refractivity contribution in [1.82, 2.24) is 5.32 Å². The highest BCUT2D eigenvalue weighted by Gasteiger charge is 2.23. The van der Waals surface area contributed by atoms with Crippen molar-refractivity contribution in [2.45, 2.75) is 19.0 Å². The Labute approximate surface area is 106 Å². The number of rotatable bonds is 3. The van der Waals surface area contributed by atoms with Gasteiger partial charge in [0.05, 0.1) is 5.75 Å². The Morgan fingerprint density at radius 1 is 1.28 bits per heavy atom. The van der Waals surface area contributed by atoms with Gasteiger partial charge in [0, 0.05) is 23.6 Å². The predicted octanol–water partition coefficient (Wildman–Crippen LogP) is 1.06. The molecule has 0 spiro atoms. The molecule has 0 saturated carbocycles. The van der Waals surface area contributed by atoms with Crippen LogP contribution in [0, 0.1) is 0 Å². The van der Waals surface area contributed by atoms with Gasteiger partial charge in [0.15, 0.2) is 9.84 Å². The van der Waals surface area contributed by atoms with E-state index in [4.69, 9.17) is 0 Å². The molecule has 1 heterocycles. The highest BCUT2D eigenvalue weighted by molar-refractivity contribution is 7.94. The Morgan fingerprint density at radius 2 is 1.89 bits per heavy atom. The van der Waals surface area contributed by atoms with Crippen LogP contribution in [0.3, 0.4) is 0 Å². The van der Waals surface area contributed by atoms with Crippen LogP contribution in [0.15, 0.2) is 29.7 Å². The third-order valence-corrected chi connectivity index (χ3v) is 4.21. The van der Waals surface area contributed by atoms with Crippen LogP contribution < -0.4 is 5.32 Å². The number of benzene rings is 1. The molecule has 0 fully saturated rings. The molecule has 1 aromatic rings. The Bertz CT molecular complexity index is 559. The Morgan fingerprint density at radius 3 is 2.39 bits per heavy atom. The standard InChI is InChI=1S/C12H15NO4S/c1-8(9-4-11(14)6-12(15)5-9)13-10-2-3-18(16,17)7-10/h2-6,8,10,13-15H,7H2,1H3. The minimum absolute atomic E-state index is 0.0202. The Hall–Kier alpha value is -1.53. The quantitative estimate of drug-likeness (QED) is 0.764. The number of phenols is 2. The monoisotopic (exact) mass is 269 g/mol. The maximum atomic E-state index is 11.3. The second-order valence-electron chi connectivity index (χ2n) is 4.44. The number of aromatic hydroxyl groups is 2. The lowest BCUT2D eigenvalue weighted by Gasteiger charge is -2.18. The molecule has 6 heteroatoms. The first-order chi connectivity index (χ1) is 8.35. The fraction of sp³-hybridized carbons (Fsp3) is 0.333. The second kappa shape index (κ2) is 4.62. The van der Waals surface area contributed by atoms with Gasteiger partial charge in [0.25, 0.3) is 0 Å². The molecule has 5 nitrogen and oxygen atoms in total. The summed E-state index contributed by atoms with van der Waals surface area (Å²) in [6.07, 6.45) is 1.61. The van der Waals surface area contributed by atoms with Crippen LogP contribution in [0.25, 0.3) is 0 Å². The largest absolute Gasteiger partial charge is 0.508 e. The lowest BCUT2D eigenvalue weighted by atomic mass is 10.1. The molecular weight excluding hydrogens is 254 g/mol. The summed E-state index contributed by atoms with van der Waals surface area (Å²) in [7, 11) is -3.08. The molecule has 0 aliphatic carbocycles. The van der Waals surface area contributed by atoms with Crippen LogP contribution in [0.5, 0.6) is 11.5 Å². The maximum Gasteiger partial charge on any atom is 0.173 e. The molecule has 98 valence electrons. The number of phenolic OH excluding ortho intramolecular Hbond substituents is 2. The van der Waals surface area contributed by atoms with E-state index in [1.165, 1.54) is 23.6 Å². The molecule has 1 aliphatic rings. The summed E-state index contributed by atoms with van der Waals surface area (Å²) < 4.78 is 22.5. The van der Waals surface area contributed by atoms with Crippen LogP contribution in [0.4, 0.5) is 0 Å². The Balaban J connectivity index is 2.09. The van der Waals surface area contributed by atoms with Gasteiger partial charge < -0.3 is 15.5 Å². The summed E-state index contributed by atoms with van der Waals surface area (Å²) in [6.45, 7) is 1.84. The minimum atomic E-state index is -3.08. The molecule has 2 unspecified atom stereocenters. The zero-order valence-electron chi connectivity index (χ0n) is 9.87. The number of hydrogen-bond donors (Lipinski definition) is 3. The first-order valence-corrected chi connectivity index (χ1v) is 7.27. The highest BCUT2D eigenvalue weighted by Crippen LogP contribution is 2.25. The summed E-state index contributed by atoms with van der Waals surface area (Å²) >= 11 is 0. The molecule has 0 aromatic heterocycles. The molecule has 0 bridgehead atoms. The molecule has 3 N–H and O–H groups in total. The fourth-order valence-electron chi connectivity index (χ4n) is 1.96. The molecule has 18 heavy (non-hydrogen) atoms. The molecule has 1 aromatic carbocycles. The van der Waals surface area contributed by atoms with Gasteiger partial charge in [-0.05, 0) is 24.6 Å². The van der Waals surface area contributed by atoms with Gasteiger partial charge in [-0.1, -0.05) is 6.08 Å². The van der Waals surface area contributed by atoms with Crippen molar-refractivity contribution in [3.8, 4) is 11.5 Å². The van der Waals surface area contributed by atoms with Gasteiger partial charge in [-0.2, -0.15) is 0 Å². The van der Waals surface area contributed by atoms with Gasteiger partial charge in [-0.3, -0.25) is 0 Å². The van der Waals surface area contributed by atoms with E-state index in [0.717, 1.165) is 0 Å². The number of sulfone groups is 1. The van der Waals surface area contributed by atoms with Crippen molar-refractivity contribution in [1.29, 1.82) is 0 Å². The third-order valence-electron chi connectivity index (χ3n) is 2.82. The number of nitrogens with one attached hydrogen (secondary N) is 1. The Kier molecular flexibility index (Phi) is 3.32. The van der Waals surface area contributed by atoms with Crippen molar-refractivity contribution in [3.63, 3.8) is 0 Å². The van der Waals surface area contributed by atoms with Crippen molar-refractivity contribution < 1.29 is 18.6 Å². The van der Waals surface area contributed by atoms with Crippen molar-refractivity contribution >= 4 is 9.84 Å². The van der Waals surface area contributed by atoms with E-state index in [-0.39, 0.29) is 29.3 Å². The lowest BCUT2D eigenvalue weighted by molar-refractivity contribution is 0.445. The highest BCUT2D eigenvalue weighted by atomic mass is 32.2. The maximum absolute atomic E-state index is 11.3. The van der Waals surface area contributed by atoms with Gasteiger partial charge in [0.1, 0.15) is 11.5 Å².